The van der Waals surface area contributed by atoms with Crippen molar-refractivity contribution in [3.05, 3.63) is 47.2 Å². The lowest BCUT2D eigenvalue weighted by Gasteiger charge is -2.29. The number of nitriles is 1. The van der Waals surface area contributed by atoms with Crippen molar-refractivity contribution in [1.82, 2.24) is 20.3 Å². The zero-order chi connectivity index (χ0) is 21.1. The van der Waals surface area contributed by atoms with Crippen molar-refractivity contribution < 1.29 is 17.9 Å². The fraction of sp³-hybridized carbons (Fsp3) is 0.474. The molecule has 1 unspecified atom stereocenters. The third-order valence-electron chi connectivity index (χ3n) is 4.81. The average Bonchev–Trinajstić information content (AvgIpc) is 2.72. The second kappa shape index (κ2) is 9.55. The van der Waals surface area contributed by atoms with Crippen molar-refractivity contribution in [1.29, 1.82) is 5.26 Å². The number of nitrogens with two attached hydrogens (primary N) is 1. The molecule has 0 aliphatic carbocycles. The lowest BCUT2D eigenvalue weighted by Crippen LogP contribution is -2.43. The van der Waals surface area contributed by atoms with E-state index in [-0.39, 0.29) is 30.8 Å². The van der Waals surface area contributed by atoms with E-state index < -0.39 is 17.4 Å². The Kier molecular flexibility index (Phi) is 7.58. The molecule has 2 aromatic rings. The second-order valence-corrected chi connectivity index (χ2v) is 6.97. The first-order chi connectivity index (χ1) is 13.7. The van der Waals surface area contributed by atoms with E-state index in [1.165, 1.54) is 18.3 Å². The predicted octanol–water partition coefficient (Wildman–Crippen LogP) is 2.84. The van der Waals surface area contributed by atoms with Crippen LogP contribution in [-0.2, 0) is 11.7 Å². The summed E-state index contributed by atoms with van der Waals surface area (Å²) < 4.78 is 44.0. The lowest BCUT2D eigenvalue weighted by atomic mass is 9.84. The number of rotatable bonds is 5. The summed E-state index contributed by atoms with van der Waals surface area (Å²) in [6.07, 6.45) is -1.42. The Balaban J connectivity index is 0.00000320. The molecule has 0 spiro atoms. The smallest absolute Gasteiger partial charge is 0.433 e. The average molecular weight is 443 g/mol. The molecule has 7 nitrogen and oxygen atoms in total. The molecule has 3 rings (SSSR count). The van der Waals surface area contributed by atoms with Crippen LogP contribution in [0, 0.1) is 18.3 Å². The molecule has 1 atom stereocenters. The summed E-state index contributed by atoms with van der Waals surface area (Å²) in [6, 6.07) is 5.33. The number of halogens is 4. The number of nitrogens with zero attached hydrogens (tertiary/aromatic N) is 4. The highest BCUT2D eigenvalue weighted by Crippen LogP contribution is 2.32. The maximum Gasteiger partial charge on any atom is 0.433 e. The van der Waals surface area contributed by atoms with Crippen LogP contribution in [0.5, 0.6) is 5.88 Å². The van der Waals surface area contributed by atoms with E-state index in [4.69, 9.17) is 10.5 Å². The molecule has 0 saturated carbocycles. The predicted molar refractivity (Wildman–Crippen MR) is 105 cm³/mol. The highest BCUT2D eigenvalue weighted by molar-refractivity contribution is 5.85. The summed E-state index contributed by atoms with van der Waals surface area (Å²) >= 11 is 0. The normalized spacial score (nSPS) is 16.8. The third kappa shape index (κ3) is 5.36. The van der Waals surface area contributed by atoms with Crippen molar-refractivity contribution in [3.8, 4) is 11.9 Å². The molecule has 0 aromatic carbocycles. The maximum absolute atomic E-state index is 12.9. The van der Waals surface area contributed by atoms with E-state index in [1.54, 1.807) is 6.92 Å². The Bertz CT molecular complexity index is 914. The van der Waals surface area contributed by atoms with Crippen LogP contribution in [-0.4, -0.2) is 34.6 Å². The van der Waals surface area contributed by atoms with Crippen molar-refractivity contribution in [2.45, 2.75) is 37.4 Å². The van der Waals surface area contributed by atoms with Crippen molar-refractivity contribution >= 4 is 12.4 Å². The van der Waals surface area contributed by atoms with E-state index in [0.29, 0.717) is 17.1 Å². The first-order valence-electron chi connectivity index (χ1n) is 9.15. The van der Waals surface area contributed by atoms with E-state index in [2.05, 4.69) is 20.3 Å². The summed E-state index contributed by atoms with van der Waals surface area (Å²) in [5.41, 5.74) is 4.71. The van der Waals surface area contributed by atoms with Gasteiger partial charge in [-0.3, -0.25) is 0 Å². The summed E-state index contributed by atoms with van der Waals surface area (Å²) in [5, 5.41) is 13.0. The summed E-state index contributed by atoms with van der Waals surface area (Å²) in [5.74, 6) is 0.403. The minimum atomic E-state index is -4.60. The quantitative estimate of drug-likeness (QED) is 0.732. The first kappa shape index (κ1) is 23.8. The lowest BCUT2D eigenvalue weighted by molar-refractivity contribution is -0.141. The van der Waals surface area contributed by atoms with E-state index >= 15 is 0 Å². The van der Waals surface area contributed by atoms with Gasteiger partial charge in [-0.05, 0) is 38.9 Å². The zero-order valence-corrected chi connectivity index (χ0v) is 17.1. The minimum Gasteiger partial charge on any atom is -0.474 e. The third-order valence-corrected chi connectivity index (χ3v) is 4.81. The van der Waals surface area contributed by atoms with Gasteiger partial charge >= 0.3 is 6.18 Å². The van der Waals surface area contributed by atoms with Gasteiger partial charge < -0.3 is 15.8 Å². The SMILES string of the molecule is Cc1ncc(C(N)(C#N)COc2cccc(C(F)(F)F)n2)c(C2CCNCC2)n1.Cl. The van der Waals surface area contributed by atoms with Crippen LogP contribution in [0.25, 0.3) is 0 Å². The summed E-state index contributed by atoms with van der Waals surface area (Å²) in [7, 11) is 0. The van der Waals surface area contributed by atoms with Gasteiger partial charge in [0.05, 0.1) is 11.8 Å². The topological polar surface area (TPSA) is 110 Å². The molecule has 2 aromatic heterocycles. The van der Waals surface area contributed by atoms with Crippen LogP contribution >= 0.6 is 12.4 Å². The molecule has 1 aliphatic rings. The monoisotopic (exact) mass is 442 g/mol. The van der Waals surface area contributed by atoms with Gasteiger partial charge in [0.25, 0.3) is 0 Å². The van der Waals surface area contributed by atoms with Crippen LogP contribution in [0.4, 0.5) is 13.2 Å². The molecule has 0 amide bonds. The molecule has 1 aliphatic heterocycles. The molecule has 0 bridgehead atoms. The zero-order valence-electron chi connectivity index (χ0n) is 16.2. The Morgan fingerprint density at radius 3 is 2.60 bits per heavy atom. The van der Waals surface area contributed by atoms with Gasteiger partial charge in [0.1, 0.15) is 18.1 Å². The highest BCUT2D eigenvalue weighted by Gasteiger charge is 2.36. The molecule has 30 heavy (non-hydrogen) atoms. The Morgan fingerprint density at radius 2 is 1.97 bits per heavy atom. The number of hydrogen-bond acceptors (Lipinski definition) is 7. The minimum absolute atomic E-state index is 0. The number of alkyl halides is 3. The first-order valence-corrected chi connectivity index (χ1v) is 9.15. The van der Waals surface area contributed by atoms with Gasteiger partial charge in [0.15, 0.2) is 5.54 Å². The molecule has 162 valence electrons. The van der Waals surface area contributed by atoms with Crippen molar-refractivity contribution in [2.24, 2.45) is 5.73 Å². The number of aryl methyl sites for hydroxylation is 1. The summed E-state index contributed by atoms with van der Waals surface area (Å²) in [4.78, 5) is 12.1. The van der Waals surface area contributed by atoms with E-state index in [0.717, 1.165) is 32.0 Å². The number of hydrogen-bond donors (Lipinski definition) is 2. The van der Waals surface area contributed by atoms with E-state index in [9.17, 15) is 18.4 Å². The molecule has 1 saturated heterocycles. The molecule has 3 N–H and O–H groups in total. The Morgan fingerprint density at radius 1 is 1.27 bits per heavy atom. The Hall–Kier alpha value is -2.48. The maximum atomic E-state index is 12.9. The van der Waals surface area contributed by atoms with Gasteiger partial charge in [-0.15, -0.1) is 12.4 Å². The number of pyridine rings is 1. The molecular formula is C19H22ClF3N6O. The fourth-order valence-corrected chi connectivity index (χ4v) is 3.25. The highest BCUT2D eigenvalue weighted by atomic mass is 35.5. The van der Waals surface area contributed by atoms with Crippen LogP contribution in [0.15, 0.2) is 24.4 Å². The van der Waals surface area contributed by atoms with Crippen molar-refractivity contribution in [2.75, 3.05) is 19.7 Å². The fourth-order valence-electron chi connectivity index (χ4n) is 3.25. The van der Waals surface area contributed by atoms with Crippen LogP contribution in [0.3, 0.4) is 0 Å². The van der Waals surface area contributed by atoms with Gasteiger partial charge in [0, 0.05) is 23.7 Å². The Labute approximate surface area is 178 Å². The largest absolute Gasteiger partial charge is 0.474 e. The van der Waals surface area contributed by atoms with E-state index in [1.807, 2.05) is 6.07 Å². The van der Waals surface area contributed by atoms with Gasteiger partial charge in [-0.1, -0.05) is 6.07 Å². The number of ether oxygens (including phenoxy) is 1. The molecule has 11 heteroatoms. The second-order valence-electron chi connectivity index (χ2n) is 6.97. The van der Waals surface area contributed by atoms with Gasteiger partial charge in [-0.2, -0.15) is 18.4 Å². The van der Waals surface area contributed by atoms with Gasteiger partial charge in [-0.25, -0.2) is 15.0 Å². The molecule has 3 heterocycles. The molecule has 0 radical (unpaired) electrons. The van der Waals surface area contributed by atoms with Crippen molar-refractivity contribution in [3.63, 3.8) is 0 Å². The number of nitrogens with one attached hydrogen (secondary N) is 1. The number of piperidine rings is 1. The van der Waals surface area contributed by atoms with Crippen LogP contribution < -0.4 is 15.8 Å². The van der Waals surface area contributed by atoms with Gasteiger partial charge in [0.2, 0.25) is 5.88 Å². The molecule has 1 fully saturated rings. The molecular weight excluding hydrogens is 421 g/mol. The standard InChI is InChI=1S/C19H21F3N6O.ClH/c1-12-26-9-14(17(27-12)13-5-7-25-8-6-13)18(24,10-23)11-29-16-4-2-3-15(28-16)19(20,21)22;/h2-4,9,13,25H,5-8,11,24H2,1H3;1H. The van der Waals surface area contributed by atoms with Crippen LogP contribution in [0.1, 0.15) is 41.5 Å². The number of aromatic nitrogens is 3. The van der Waals surface area contributed by atoms with Crippen LogP contribution in [0.2, 0.25) is 0 Å². The summed E-state index contributed by atoms with van der Waals surface area (Å²) in [6.45, 7) is 3.01.